The third-order valence-corrected chi connectivity index (χ3v) is 6.36. The van der Waals surface area contributed by atoms with E-state index in [2.05, 4.69) is 15.1 Å². The Morgan fingerprint density at radius 3 is 2.22 bits per heavy atom. The first-order valence-electron chi connectivity index (χ1n) is 10.2. The summed E-state index contributed by atoms with van der Waals surface area (Å²) >= 11 is 0. The number of amides is 1. The molecule has 0 bridgehead atoms. The van der Waals surface area contributed by atoms with Gasteiger partial charge in [-0.1, -0.05) is 24.3 Å². The predicted octanol–water partition coefficient (Wildman–Crippen LogP) is 2.46. The monoisotopic (exact) mass is 454 g/mol. The Balaban J connectivity index is 1.48. The highest BCUT2D eigenvalue weighted by Gasteiger charge is 2.14. The molecule has 1 aromatic heterocycles. The van der Waals surface area contributed by atoms with E-state index in [4.69, 9.17) is 0 Å². The van der Waals surface area contributed by atoms with E-state index < -0.39 is 10.0 Å². The van der Waals surface area contributed by atoms with Crippen LogP contribution in [0.15, 0.2) is 65.8 Å². The summed E-state index contributed by atoms with van der Waals surface area (Å²) < 4.78 is 29.2. The van der Waals surface area contributed by atoms with Gasteiger partial charge in [0, 0.05) is 37.5 Å². The van der Waals surface area contributed by atoms with Crippen LogP contribution in [0.2, 0.25) is 0 Å². The van der Waals surface area contributed by atoms with E-state index in [1.54, 1.807) is 28.9 Å². The van der Waals surface area contributed by atoms with Crippen molar-refractivity contribution < 1.29 is 18.0 Å². The number of benzene rings is 2. The predicted molar refractivity (Wildman–Crippen MR) is 121 cm³/mol. The van der Waals surface area contributed by atoms with Gasteiger partial charge in [-0.2, -0.15) is 5.10 Å². The number of Topliss-reactive ketones (excluding diaryl/α,β-unsaturated/α-hetero) is 1. The van der Waals surface area contributed by atoms with Crippen LogP contribution < -0.4 is 10.0 Å². The number of nitrogens with one attached hydrogen (secondary N) is 2. The van der Waals surface area contributed by atoms with Crippen molar-refractivity contribution in [2.45, 2.75) is 31.2 Å². The fraction of sp³-hybridized carbons (Fsp3) is 0.261. The summed E-state index contributed by atoms with van der Waals surface area (Å²) in [5.41, 5.74) is 2.82. The molecule has 0 aliphatic carbocycles. The summed E-state index contributed by atoms with van der Waals surface area (Å²) in [6.07, 6.45) is 5.42. The van der Waals surface area contributed by atoms with Crippen LogP contribution in [-0.2, 0) is 30.0 Å². The molecule has 3 rings (SSSR count). The lowest BCUT2D eigenvalue weighted by Crippen LogP contribution is -2.25. The van der Waals surface area contributed by atoms with Crippen LogP contribution in [0.1, 0.15) is 45.2 Å². The number of nitrogens with zero attached hydrogens (tertiary/aromatic N) is 2. The highest BCUT2D eigenvalue weighted by atomic mass is 32.2. The van der Waals surface area contributed by atoms with Gasteiger partial charge in [-0.15, -0.1) is 0 Å². The molecule has 0 spiro atoms. The fourth-order valence-corrected chi connectivity index (χ4v) is 4.12. The number of aryl methyl sites for hydroxylation is 2. The molecular weight excluding hydrogens is 428 g/mol. The van der Waals surface area contributed by atoms with E-state index in [0.717, 1.165) is 24.0 Å². The van der Waals surface area contributed by atoms with Crippen molar-refractivity contribution >= 4 is 21.7 Å². The van der Waals surface area contributed by atoms with Gasteiger partial charge in [0.2, 0.25) is 10.0 Å². The molecule has 8 nitrogen and oxygen atoms in total. The van der Waals surface area contributed by atoms with Crippen LogP contribution in [-0.4, -0.2) is 36.4 Å². The molecule has 0 aliphatic rings. The zero-order chi connectivity index (χ0) is 23.1. The number of hydrogen-bond donors (Lipinski definition) is 2. The molecule has 0 aliphatic heterocycles. The normalized spacial score (nSPS) is 11.3. The minimum absolute atomic E-state index is 0.0871. The molecular formula is C23H26N4O4S. The van der Waals surface area contributed by atoms with Crippen LogP contribution in [0.5, 0.6) is 0 Å². The quantitative estimate of drug-likeness (QED) is 0.361. The summed E-state index contributed by atoms with van der Waals surface area (Å²) in [5, 5.41) is 7.00. The van der Waals surface area contributed by atoms with Crippen molar-refractivity contribution in [2.75, 3.05) is 6.54 Å². The molecule has 0 saturated heterocycles. The molecule has 0 atom stereocenters. The molecule has 2 aromatic carbocycles. The van der Waals surface area contributed by atoms with Crippen LogP contribution in [0.3, 0.4) is 0 Å². The summed E-state index contributed by atoms with van der Waals surface area (Å²) in [6, 6.07) is 12.5. The molecule has 0 fully saturated rings. The SMILES string of the molecule is CC(=O)c1ccc(S(=O)(=O)NCc2ccc(C(=O)NCCCc3cnn(C)c3)cc2)cc1. The van der Waals surface area contributed by atoms with Gasteiger partial charge in [-0.25, -0.2) is 13.1 Å². The van der Waals surface area contributed by atoms with Gasteiger partial charge < -0.3 is 5.32 Å². The maximum atomic E-state index is 12.4. The molecule has 0 unspecified atom stereocenters. The first-order chi connectivity index (χ1) is 15.2. The second-order valence-electron chi connectivity index (χ2n) is 7.48. The highest BCUT2D eigenvalue weighted by Crippen LogP contribution is 2.12. The fourth-order valence-electron chi connectivity index (χ4n) is 3.10. The number of carbonyl (C=O) groups excluding carboxylic acids is 2. The van der Waals surface area contributed by atoms with Gasteiger partial charge in [0.25, 0.3) is 5.91 Å². The number of aromatic nitrogens is 2. The first kappa shape index (κ1) is 23.4. The van der Waals surface area contributed by atoms with Crippen molar-refractivity contribution in [3.8, 4) is 0 Å². The minimum atomic E-state index is -3.71. The third-order valence-electron chi connectivity index (χ3n) is 4.94. The van der Waals surface area contributed by atoms with E-state index in [1.165, 1.54) is 31.2 Å². The Labute approximate surface area is 187 Å². The summed E-state index contributed by atoms with van der Waals surface area (Å²) in [7, 11) is -1.84. The molecule has 9 heteroatoms. The summed E-state index contributed by atoms with van der Waals surface area (Å²) in [6.45, 7) is 2.07. The van der Waals surface area contributed by atoms with Gasteiger partial charge >= 0.3 is 0 Å². The lowest BCUT2D eigenvalue weighted by molar-refractivity contribution is 0.0952. The van der Waals surface area contributed by atoms with E-state index in [1.807, 2.05) is 19.4 Å². The van der Waals surface area contributed by atoms with Gasteiger partial charge in [-0.05, 0) is 55.2 Å². The topological polar surface area (TPSA) is 110 Å². The molecule has 0 saturated carbocycles. The van der Waals surface area contributed by atoms with Crippen LogP contribution in [0, 0.1) is 0 Å². The van der Waals surface area contributed by atoms with Crippen molar-refractivity contribution in [2.24, 2.45) is 7.05 Å². The highest BCUT2D eigenvalue weighted by molar-refractivity contribution is 7.89. The number of hydrogen-bond acceptors (Lipinski definition) is 5. The van der Waals surface area contributed by atoms with Gasteiger partial charge in [-0.3, -0.25) is 14.3 Å². The second-order valence-corrected chi connectivity index (χ2v) is 9.25. The maximum Gasteiger partial charge on any atom is 0.251 e. The molecule has 1 heterocycles. The van der Waals surface area contributed by atoms with Crippen LogP contribution >= 0.6 is 0 Å². The minimum Gasteiger partial charge on any atom is -0.352 e. The second kappa shape index (κ2) is 10.3. The molecule has 32 heavy (non-hydrogen) atoms. The largest absolute Gasteiger partial charge is 0.352 e. The Hall–Kier alpha value is -3.30. The van der Waals surface area contributed by atoms with E-state index in [0.29, 0.717) is 17.7 Å². The Bertz CT molecular complexity index is 1180. The Kier molecular flexibility index (Phi) is 7.55. The molecule has 168 valence electrons. The van der Waals surface area contributed by atoms with Crippen molar-refractivity contribution in [1.82, 2.24) is 19.8 Å². The third kappa shape index (κ3) is 6.35. The lowest BCUT2D eigenvalue weighted by Gasteiger charge is -2.09. The number of carbonyl (C=O) groups is 2. The van der Waals surface area contributed by atoms with Gasteiger partial charge in [0.05, 0.1) is 11.1 Å². The average molecular weight is 455 g/mol. The van der Waals surface area contributed by atoms with E-state index in [9.17, 15) is 18.0 Å². The average Bonchev–Trinajstić information content (AvgIpc) is 3.20. The lowest BCUT2D eigenvalue weighted by atomic mass is 10.1. The first-order valence-corrected chi connectivity index (χ1v) is 11.7. The van der Waals surface area contributed by atoms with Gasteiger partial charge in [0.15, 0.2) is 5.78 Å². The van der Waals surface area contributed by atoms with E-state index in [-0.39, 0.29) is 23.1 Å². The number of sulfonamides is 1. The summed E-state index contributed by atoms with van der Waals surface area (Å²) in [5.74, 6) is -0.298. The Morgan fingerprint density at radius 1 is 0.969 bits per heavy atom. The molecule has 3 aromatic rings. The number of ketones is 1. The summed E-state index contributed by atoms with van der Waals surface area (Å²) in [4.78, 5) is 23.7. The van der Waals surface area contributed by atoms with Crippen LogP contribution in [0.4, 0.5) is 0 Å². The van der Waals surface area contributed by atoms with Crippen molar-refractivity contribution in [3.63, 3.8) is 0 Å². The standard InChI is InChI=1S/C23H26N4O4S/c1-17(28)20-9-11-22(12-10-20)32(30,31)26-15-18-5-7-21(8-6-18)23(29)24-13-3-4-19-14-25-27(2)16-19/h5-12,14,16,26H,3-4,13,15H2,1-2H3,(H,24,29). The van der Waals surface area contributed by atoms with Crippen molar-refractivity contribution in [3.05, 3.63) is 83.2 Å². The molecule has 1 amide bonds. The number of rotatable bonds is 10. The van der Waals surface area contributed by atoms with E-state index >= 15 is 0 Å². The van der Waals surface area contributed by atoms with Gasteiger partial charge in [0.1, 0.15) is 0 Å². The smallest absolute Gasteiger partial charge is 0.251 e. The zero-order valence-electron chi connectivity index (χ0n) is 18.0. The van der Waals surface area contributed by atoms with Crippen molar-refractivity contribution in [1.29, 1.82) is 0 Å². The molecule has 0 radical (unpaired) electrons. The zero-order valence-corrected chi connectivity index (χ0v) is 18.9. The van der Waals surface area contributed by atoms with Crippen LogP contribution in [0.25, 0.3) is 0 Å². The maximum absolute atomic E-state index is 12.4. The molecule has 2 N–H and O–H groups in total. The Morgan fingerprint density at radius 2 is 1.62 bits per heavy atom.